The minimum absolute atomic E-state index is 0.0333. The van der Waals surface area contributed by atoms with E-state index in [4.69, 9.17) is 26.6 Å². The van der Waals surface area contributed by atoms with Crippen LogP contribution >= 0.6 is 34.7 Å². The number of nitrogens with one attached hydrogen (secondary N) is 1. The molecule has 0 saturated carbocycles. The highest BCUT2D eigenvalue weighted by Gasteiger charge is 2.54. The number of aromatic nitrogens is 2. The number of carbonyl (C=O) groups is 3. The summed E-state index contributed by atoms with van der Waals surface area (Å²) in [5, 5.41) is 27.4. The van der Waals surface area contributed by atoms with Gasteiger partial charge in [0.05, 0.1) is 7.11 Å². The normalized spacial score (nSPS) is 20.4. The minimum Gasteiger partial charge on any atom is -0.479 e. The number of nitrogen functional groups attached to an aromatic ring is 1. The van der Waals surface area contributed by atoms with E-state index in [0.717, 1.165) is 16.2 Å². The Morgan fingerprint density at radius 1 is 1.47 bits per heavy atom. The van der Waals surface area contributed by atoms with Crippen molar-refractivity contribution in [2.24, 2.45) is 5.16 Å². The molecule has 2 aliphatic rings. The number of carbonyl (C=O) groups excluding carboxylic acids is 2. The molecule has 2 amide bonds. The number of aliphatic carboxylic acids is 1. The molecule has 0 bridgehead atoms. The summed E-state index contributed by atoms with van der Waals surface area (Å²) < 4.78 is 10.0. The molecular weight excluding hydrogens is 512 g/mol. The number of β-lactam (4-membered cyclic amide) rings is 1. The van der Waals surface area contributed by atoms with Gasteiger partial charge in [0.25, 0.3) is 17.7 Å². The fourth-order valence-electron chi connectivity index (χ4n) is 3.27. The number of nitrogens with two attached hydrogens (primary N) is 1. The molecule has 0 aliphatic carbocycles. The lowest BCUT2D eigenvalue weighted by molar-refractivity contribution is -0.150. The predicted molar refractivity (Wildman–Crippen MR) is 122 cm³/mol. The van der Waals surface area contributed by atoms with Crippen molar-refractivity contribution in [1.29, 1.82) is 0 Å². The summed E-state index contributed by atoms with van der Waals surface area (Å²) in [7, 11) is 1.43. The summed E-state index contributed by atoms with van der Waals surface area (Å²) in [4.78, 5) is 42.3. The zero-order chi connectivity index (χ0) is 24.6. The highest BCUT2D eigenvalue weighted by atomic mass is 35.5. The van der Waals surface area contributed by atoms with Gasteiger partial charge in [0, 0.05) is 11.8 Å². The van der Waals surface area contributed by atoms with Gasteiger partial charge in [0.1, 0.15) is 27.1 Å². The Morgan fingerprint density at radius 2 is 2.24 bits per heavy atom. The Hall–Kier alpha value is -3.56. The highest BCUT2D eigenvalue weighted by molar-refractivity contribution is 8.00. The molecule has 4 rings (SSSR count). The van der Waals surface area contributed by atoms with Crippen molar-refractivity contribution in [3.63, 3.8) is 0 Å². The van der Waals surface area contributed by atoms with Crippen LogP contribution < -0.4 is 15.8 Å². The zero-order valence-corrected chi connectivity index (χ0v) is 19.5. The number of anilines is 1. The lowest BCUT2D eigenvalue weighted by Crippen LogP contribution is -2.71. The molecule has 0 radical (unpaired) electrons. The second kappa shape index (κ2) is 9.36. The van der Waals surface area contributed by atoms with Crippen molar-refractivity contribution >= 4 is 69.4 Å². The first-order valence-electron chi connectivity index (χ1n) is 9.30. The van der Waals surface area contributed by atoms with Gasteiger partial charge in [-0.05, 0) is 16.8 Å². The summed E-state index contributed by atoms with van der Waals surface area (Å²) in [5.41, 5.74) is 5.05. The molecule has 34 heavy (non-hydrogen) atoms. The molecular formula is C18H15ClN6O7S2. The fourth-order valence-corrected chi connectivity index (χ4v) is 5.52. The first-order valence-corrected chi connectivity index (χ1v) is 11.5. The van der Waals surface area contributed by atoms with E-state index in [1.54, 1.807) is 0 Å². The number of amides is 2. The third kappa shape index (κ3) is 4.20. The van der Waals surface area contributed by atoms with Crippen LogP contribution in [0.4, 0.5) is 5.13 Å². The van der Waals surface area contributed by atoms with Crippen LogP contribution in [0, 0.1) is 0 Å². The van der Waals surface area contributed by atoms with Crippen molar-refractivity contribution in [2.75, 3.05) is 18.6 Å². The third-order valence-electron chi connectivity index (χ3n) is 4.79. The lowest BCUT2D eigenvalue weighted by Gasteiger charge is -2.49. The number of nitrogens with zero attached hydrogens (tertiary/aromatic N) is 4. The number of carboxylic acids is 1. The van der Waals surface area contributed by atoms with Crippen molar-refractivity contribution in [2.45, 2.75) is 11.4 Å². The molecule has 0 unspecified atom stereocenters. The number of rotatable bonds is 7. The summed E-state index contributed by atoms with van der Waals surface area (Å²) in [6, 6.07) is 0.460. The number of methoxy groups -OCH3 is 1. The van der Waals surface area contributed by atoms with Crippen LogP contribution in [0.1, 0.15) is 11.5 Å². The molecule has 5 N–H and O–H groups in total. The maximum atomic E-state index is 12.8. The highest BCUT2D eigenvalue weighted by Crippen LogP contribution is 2.41. The first kappa shape index (κ1) is 23.6. The summed E-state index contributed by atoms with van der Waals surface area (Å²) in [6.07, 6.45) is 3.02. The van der Waals surface area contributed by atoms with Crippen molar-refractivity contribution in [3.05, 3.63) is 39.2 Å². The number of thiazole rings is 1. The van der Waals surface area contributed by atoms with Crippen molar-refractivity contribution in [1.82, 2.24) is 20.4 Å². The van der Waals surface area contributed by atoms with Gasteiger partial charge in [-0.15, -0.1) is 11.8 Å². The van der Waals surface area contributed by atoms with Gasteiger partial charge in [0.15, 0.2) is 16.6 Å². The molecule has 2 atom stereocenters. The van der Waals surface area contributed by atoms with Gasteiger partial charge in [-0.3, -0.25) is 14.5 Å². The van der Waals surface area contributed by atoms with E-state index >= 15 is 0 Å². The average molecular weight is 527 g/mol. The Balaban J connectivity index is 1.52. The number of hydrogen-bond acceptors (Lipinski definition) is 12. The Bertz CT molecular complexity index is 1270. The second-order valence-electron chi connectivity index (χ2n) is 6.77. The first-order chi connectivity index (χ1) is 16.2. The molecule has 1 saturated heterocycles. The number of ether oxygens (including phenoxy) is 1. The summed E-state index contributed by atoms with van der Waals surface area (Å²) >= 11 is 8.10. The number of oxime groups is 1. The van der Waals surface area contributed by atoms with Gasteiger partial charge in [-0.1, -0.05) is 34.2 Å². The predicted octanol–water partition coefficient (Wildman–Crippen LogP) is 1.01. The van der Waals surface area contributed by atoms with Gasteiger partial charge in [-0.2, -0.15) is 0 Å². The van der Waals surface area contributed by atoms with Gasteiger partial charge < -0.3 is 30.6 Å². The molecule has 2 aromatic rings. The minimum atomic E-state index is -1.31. The molecule has 4 heterocycles. The number of allylic oxidation sites excluding steroid dienone is 1. The van der Waals surface area contributed by atoms with Crippen LogP contribution in [0.5, 0.6) is 5.88 Å². The topological polar surface area (TPSA) is 193 Å². The molecule has 2 aliphatic heterocycles. The number of halogens is 1. The third-order valence-corrected chi connectivity index (χ3v) is 7.18. The van der Waals surface area contributed by atoms with Crippen LogP contribution in [0.25, 0.3) is 6.08 Å². The maximum Gasteiger partial charge on any atom is 0.352 e. The van der Waals surface area contributed by atoms with E-state index in [0.29, 0.717) is 11.3 Å². The van der Waals surface area contributed by atoms with E-state index in [1.807, 2.05) is 0 Å². The Morgan fingerprint density at radius 3 is 2.82 bits per heavy atom. The standard InChI is InChI=1S/C18H15ClN6O7S2/c1-31-8-4-7(32-24-8)3-2-6-5-33-16-11(15(27)25(16)12(6)17(28)29)21-14(26)10(23-30)9-13(19)34-18(20)22-9/h2-4,11,16,30H,5H2,1H3,(H2,20,22)(H,21,26)(H,28,29)/b3-2+,23-10-/t11-,16-/m1/s1. The maximum absolute atomic E-state index is 12.8. The van der Waals surface area contributed by atoms with Crippen LogP contribution in [0.15, 0.2) is 33.1 Å². The fraction of sp³-hybridized carbons (Fsp3) is 0.222. The number of fused-ring (bicyclic) bond motifs is 1. The van der Waals surface area contributed by atoms with Gasteiger partial charge in [0.2, 0.25) is 0 Å². The lowest BCUT2D eigenvalue weighted by atomic mass is 10.0. The average Bonchev–Trinajstić information content (AvgIpc) is 3.41. The van der Waals surface area contributed by atoms with E-state index in [1.165, 1.54) is 37.1 Å². The van der Waals surface area contributed by atoms with E-state index in [9.17, 15) is 24.7 Å². The van der Waals surface area contributed by atoms with E-state index in [-0.39, 0.29) is 32.5 Å². The number of carboxylic acid groups (broad SMARTS) is 1. The molecule has 2 aromatic heterocycles. The van der Waals surface area contributed by atoms with Crippen molar-refractivity contribution in [3.8, 4) is 5.88 Å². The zero-order valence-electron chi connectivity index (χ0n) is 17.1. The van der Waals surface area contributed by atoms with Gasteiger partial charge in [-0.25, -0.2) is 9.78 Å². The second-order valence-corrected chi connectivity index (χ2v) is 9.51. The summed E-state index contributed by atoms with van der Waals surface area (Å²) in [6.45, 7) is 0. The SMILES string of the molecule is COc1cc(/C=C/C2=C(C(=O)O)N3C(=O)[C@@H](NC(=O)/C(=N\O)c4nc(N)sc4Cl)[C@H]3SC2)on1. The summed E-state index contributed by atoms with van der Waals surface area (Å²) in [5.74, 6) is -2.04. The Labute approximate surface area is 203 Å². The van der Waals surface area contributed by atoms with Crippen LogP contribution in [-0.2, 0) is 14.4 Å². The Kier molecular flexibility index (Phi) is 6.49. The smallest absolute Gasteiger partial charge is 0.352 e. The number of thioether (sulfide) groups is 1. The largest absolute Gasteiger partial charge is 0.479 e. The van der Waals surface area contributed by atoms with E-state index < -0.39 is 34.9 Å². The molecule has 0 aromatic carbocycles. The van der Waals surface area contributed by atoms with Crippen LogP contribution in [0.3, 0.4) is 0 Å². The van der Waals surface area contributed by atoms with Crippen LogP contribution in [0.2, 0.25) is 4.34 Å². The quantitative estimate of drug-likeness (QED) is 0.174. The van der Waals surface area contributed by atoms with E-state index in [2.05, 4.69) is 20.6 Å². The molecule has 13 nitrogen and oxygen atoms in total. The van der Waals surface area contributed by atoms with Crippen LogP contribution in [-0.4, -0.2) is 73.1 Å². The number of hydrogen-bond donors (Lipinski definition) is 4. The monoisotopic (exact) mass is 526 g/mol. The molecule has 1 fully saturated rings. The molecule has 16 heteroatoms. The van der Waals surface area contributed by atoms with Gasteiger partial charge >= 0.3 is 5.97 Å². The molecule has 178 valence electrons. The molecule has 0 spiro atoms. The van der Waals surface area contributed by atoms with Crippen molar-refractivity contribution < 1.29 is 34.0 Å².